The Morgan fingerprint density at radius 1 is 0.727 bits per heavy atom. The third-order valence-corrected chi connectivity index (χ3v) is 4.63. The Morgan fingerprint density at radius 2 is 1.27 bits per heavy atom. The lowest BCUT2D eigenvalue weighted by Gasteiger charge is -2.15. The van der Waals surface area contributed by atoms with E-state index in [-0.39, 0.29) is 10.6 Å². The summed E-state index contributed by atoms with van der Waals surface area (Å²) < 4.78 is 0. The van der Waals surface area contributed by atoms with Gasteiger partial charge in [-0.2, -0.15) is 0 Å². The lowest BCUT2D eigenvalue weighted by atomic mass is 9.94. The van der Waals surface area contributed by atoms with E-state index >= 15 is 0 Å². The van der Waals surface area contributed by atoms with Crippen LogP contribution in [0, 0.1) is 0 Å². The van der Waals surface area contributed by atoms with E-state index in [9.17, 15) is 4.79 Å². The number of hydrogen-bond acceptors (Lipinski definition) is 1. The molecule has 3 aromatic carbocycles. The van der Waals surface area contributed by atoms with E-state index in [1.54, 1.807) is 0 Å². The van der Waals surface area contributed by atoms with Crippen LogP contribution in [0.25, 0.3) is 0 Å². The minimum Gasteiger partial charge on any atom is -0.289 e. The topological polar surface area (TPSA) is 17.1 Å². The van der Waals surface area contributed by atoms with Crippen LogP contribution in [0.3, 0.4) is 0 Å². The molecule has 0 aliphatic heterocycles. The number of ketones is 1. The predicted octanol–water partition coefficient (Wildman–Crippen LogP) is 5.40. The van der Waals surface area contributed by atoms with E-state index in [1.807, 2.05) is 72.8 Å². The Kier molecular flexibility index (Phi) is 4.50. The second-order valence-electron chi connectivity index (χ2n) is 5.06. The third-order valence-electron chi connectivity index (χ3n) is 3.61. The SMILES string of the molecule is O=C(c1ccccc1)c1ccccc1C(Br)c1ccccc1. The zero-order chi connectivity index (χ0) is 15.4. The summed E-state index contributed by atoms with van der Waals surface area (Å²) in [6.45, 7) is 0. The molecule has 22 heavy (non-hydrogen) atoms. The summed E-state index contributed by atoms with van der Waals surface area (Å²) in [4.78, 5) is 12.8. The minimum atomic E-state index is -0.00226. The second kappa shape index (κ2) is 6.71. The maximum absolute atomic E-state index is 12.8. The molecule has 0 bridgehead atoms. The molecule has 0 aromatic heterocycles. The average molecular weight is 351 g/mol. The standard InChI is InChI=1S/C20H15BrO/c21-19(15-9-3-1-4-10-15)17-13-7-8-14-18(17)20(22)16-11-5-2-6-12-16/h1-14,19H. The zero-order valence-corrected chi connectivity index (χ0v) is 13.5. The Labute approximate surface area is 138 Å². The van der Waals surface area contributed by atoms with E-state index in [4.69, 9.17) is 0 Å². The van der Waals surface area contributed by atoms with Gasteiger partial charge in [-0.25, -0.2) is 0 Å². The molecule has 0 aliphatic carbocycles. The van der Waals surface area contributed by atoms with Crippen molar-refractivity contribution in [1.82, 2.24) is 0 Å². The Morgan fingerprint density at radius 3 is 1.95 bits per heavy atom. The molecule has 0 spiro atoms. The van der Waals surface area contributed by atoms with Crippen LogP contribution in [0.5, 0.6) is 0 Å². The van der Waals surface area contributed by atoms with Gasteiger partial charge in [0.25, 0.3) is 0 Å². The number of rotatable bonds is 4. The van der Waals surface area contributed by atoms with Crippen molar-refractivity contribution in [2.45, 2.75) is 4.83 Å². The third kappa shape index (κ3) is 3.02. The highest BCUT2D eigenvalue weighted by molar-refractivity contribution is 9.09. The molecular formula is C20H15BrO. The summed E-state index contributed by atoms with van der Waals surface area (Å²) in [5.74, 6) is 0.0524. The summed E-state index contributed by atoms with van der Waals surface area (Å²) in [5.41, 5.74) is 3.57. The lowest BCUT2D eigenvalue weighted by Crippen LogP contribution is -2.07. The largest absolute Gasteiger partial charge is 0.289 e. The quantitative estimate of drug-likeness (QED) is 0.454. The van der Waals surface area contributed by atoms with Gasteiger partial charge in [0.05, 0.1) is 4.83 Å². The van der Waals surface area contributed by atoms with E-state index < -0.39 is 0 Å². The van der Waals surface area contributed by atoms with Gasteiger partial charge in [-0.15, -0.1) is 0 Å². The molecule has 3 rings (SSSR count). The van der Waals surface area contributed by atoms with E-state index in [0.717, 1.165) is 16.7 Å². The number of carbonyl (C=O) groups excluding carboxylic acids is 1. The smallest absolute Gasteiger partial charge is 0.193 e. The highest BCUT2D eigenvalue weighted by Gasteiger charge is 2.19. The van der Waals surface area contributed by atoms with Crippen LogP contribution < -0.4 is 0 Å². The van der Waals surface area contributed by atoms with Gasteiger partial charge in [0.2, 0.25) is 0 Å². The Hall–Kier alpha value is -2.19. The van der Waals surface area contributed by atoms with Gasteiger partial charge in [-0.05, 0) is 11.1 Å². The first-order valence-electron chi connectivity index (χ1n) is 7.15. The summed E-state index contributed by atoms with van der Waals surface area (Å²) >= 11 is 3.73. The molecule has 0 saturated carbocycles. The summed E-state index contributed by atoms with van der Waals surface area (Å²) in [6, 6.07) is 27.3. The molecule has 108 valence electrons. The highest BCUT2D eigenvalue weighted by atomic mass is 79.9. The Bertz CT molecular complexity index is 766. The predicted molar refractivity (Wildman–Crippen MR) is 93.5 cm³/mol. The van der Waals surface area contributed by atoms with E-state index in [0.29, 0.717) is 5.56 Å². The van der Waals surface area contributed by atoms with Crippen LogP contribution in [0.2, 0.25) is 0 Å². The number of halogens is 1. The number of carbonyl (C=O) groups is 1. The van der Waals surface area contributed by atoms with Crippen molar-refractivity contribution in [2.24, 2.45) is 0 Å². The van der Waals surface area contributed by atoms with E-state index in [1.165, 1.54) is 0 Å². The van der Waals surface area contributed by atoms with Crippen molar-refractivity contribution in [2.75, 3.05) is 0 Å². The number of benzene rings is 3. The second-order valence-corrected chi connectivity index (χ2v) is 5.97. The van der Waals surface area contributed by atoms with Crippen LogP contribution in [-0.2, 0) is 0 Å². The van der Waals surface area contributed by atoms with Crippen LogP contribution >= 0.6 is 15.9 Å². The minimum absolute atomic E-state index is 0.00226. The van der Waals surface area contributed by atoms with Gasteiger partial charge in [-0.3, -0.25) is 4.79 Å². The molecule has 0 heterocycles. The van der Waals surface area contributed by atoms with E-state index in [2.05, 4.69) is 28.1 Å². The van der Waals surface area contributed by atoms with Gasteiger partial charge in [0.15, 0.2) is 5.78 Å². The molecule has 2 heteroatoms. The van der Waals surface area contributed by atoms with Gasteiger partial charge < -0.3 is 0 Å². The number of alkyl halides is 1. The fourth-order valence-corrected chi connectivity index (χ4v) is 3.18. The van der Waals surface area contributed by atoms with Crippen LogP contribution in [0.15, 0.2) is 84.9 Å². The molecule has 0 N–H and O–H groups in total. The van der Waals surface area contributed by atoms with Gasteiger partial charge in [0, 0.05) is 11.1 Å². The monoisotopic (exact) mass is 350 g/mol. The molecule has 0 fully saturated rings. The fourth-order valence-electron chi connectivity index (χ4n) is 2.47. The molecule has 1 nitrogen and oxygen atoms in total. The molecule has 1 unspecified atom stereocenters. The lowest BCUT2D eigenvalue weighted by molar-refractivity contribution is 0.103. The Balaban J connectivity index is 2.02. The normalized spacial score (nSPS) is 11.9. The van der Waals surface area contributed by atoms with Crippen molar-refractivity contribution in [3.05, 3.63) is 107 Å². The maximum Gasteiger partial charge on any atom is 0.193 e. The average Bonchev–Trinajstić information content (AvgIpc) is 2.62. The molecule has 3 aromatic rings. The molecule has 0 saturated heterocycles. The highest BCUT2D eigenvalue weighted by Crippen LogP contribution is 2.33. The summed E-state index contributed by atoms with van der Waals surface area (Å²) in [5, 5.41) is 0. The zero-order valence-electron chi connectivity index (χ0n) is 11.9. The summed E-state index contributed by atoms with van der Waals surface area (Å²) in [7, 11) is 0. The molecule has 0 aliphatic rings. The first-order chi connectivity index (χ1) is 10.8. The fraction of sp³-hybridized carbons (Fsp3) is 0.0500. The molecule has 0 radical (unpaired) electrons. The molecule has 0 amide bonds. The van der Waals surface area contributed by atoms with Crippen molar-refractivity contribution >= 4 is 21.7 Å². The van der Waals surface area contributed by atoms with Gasteiger partial charge in [0.1, 0.15) is 0 Å². The first-order valence-corrected chi connectivity index (χ1v) is 8.06. The van der Waals surface area contributed by atoms with Crippen molar-refractivity contribution in [3.8, 4) is 0 Å². The first kappa shape index (κ1) is 14.7. The number of hydrogen-bond donors (Lipinski definition) is 0. The van der Waals surface area contributed by atoms with Crippen molar-refractivity contribution in [1.29, 1.82) is 0 Å². The molecular weight excluding hydrogens is 336 g/mol. The van der Waals surface area contributed by atoms with Gasteiger partial charge in [-0.1, -0.05) is 101 Å². The van der Waals surface area contributed by atoms with Crippen molar-refractivity contribution < 1.29 is 4.79 Å². The summed E-state index contributed by atoms with van der Waals surface area (Å²) in [6.07, 6.45) is 0. The van der Waals surface area contributed by atoms with Crippen LogP contribution in [-0.4, -0.2) is 5.78 Å². The molecule has 1 atom stereocenters. The van der Waals surface area contributed by atoms with Gasteiger partial charge >= 0.3 is 0 Å². The van der Waals surface area contributed by atoms with Crippen molar-refractivity contribution in [3.63, 3.8) is 0 Å². The van der Waals surface area contributed by atoms with Crippen LogP contribution in [0.1, 0.15) is 31.9 Å². The maximum atomic E-state index is 12.8. The van der Waals surface area contributed by atoms with Crippen LogP contribution in [0.4, 0.5) is 0 Å².